The van der Waals surface area contributed by atoms with Crippen LogP contribution in [0.3, 0.4) is 0 Å². The van der Waals surface area contributed by atoms with Crippen LogP contribution in [0.4, 0.5) is 0 Å². The first kappa shape index (κ1) is 15.4. The standard InChI is InChI=1S/C19H24O2/c1-7-16-8-13(4)19(15(6)14(16)5)21-17-9-11(2)18(20)12(3)10-17/h8-10,20H,7H2,1-6H3. The van der Waals surface area contributed by atoms with Gasteiger partial charge in [0.05, 0.1) is 0 Å². The molecule has 0 saturated heterocycles. The first-order chi connectivity index (χ1) is 9.85. The zero-order chi connectivity index (χ0) is 15.7. The fourth-order valence-corrected chi connectivity index (χ4v) is 2.76. The predicted molar refractivity (Wildman–Crippen MR) is 87.7 cm³/mol. The normalized spacial score (nSPS) is 10.8. The van der Waals surface area contributed by atoms with Crippen LogP contribution in [0.25, 0.3) is 0 Å². The predicted octanol–water partition coefficient (Wildman–Crippen LogP) is 5.29. The second-order valence-electron chi connectivity index (χ2n) is 5.79. The van der Waals surface area contributed by atoms with E-state index in [9.17, 15) is 5.11 Å². The fraction of sp³-hybridized carbons (Fsp3) is 0.368. The lowest BCUT2D eigenvalue weighted by atomic mass is 9.97. The number of rotatable bonds is 3. The molecule has 2 rings (SSSR count). The van der Waals surface area contributed by atoms with Gasteiger partial charge in [-0.2, -0.15) is 0 Å². The van der Waals surface area contributed by atoms with Crippen molar-refractivity contribution in [2.45, 2.75) is 48.0 Å². The third kappa shape index (κ3) is 2.90. The van der Waals surface area contributed by atoms with Crippen LogP contribution >= 0.6 is 0 Å². The quantitative estimate of drug-likeness (QED) is 0.830. The lowest BCUT2D eigenvalue weighted by Crippen LogP contribution is -1.98. The van der Waals surface area contributed by atoms with Crippen LogP contribution in [-0.4, -0.2) is 5.11 Å². The van der Waals surface area contributed by atoms with Crippen LogP contribution in [0.1, 0.15) is 40.3 Å². The zero-order valence-electron chi connectivity index (χ0n) is 13.8. The van der Waals surface area contributed by atoms with E-state index in [1.165, 1.54) is 16.7 Å². The first-order valence-corrected chi connectivity index (χ1v) is 7.42. The van der Waals surface area contributed by atoms with Gasteiger partial charge in [0.1, 0.15) is 17.2 Å². The maximum absolute atomic E-state index is 9.86. The van der Waals surface area contributed by atoms with E-state index in [2.05, 4.69) is 33.8 Å². The van der Waals surface area contributed by atoms with E-state index in [1.807, 2.05) is 26.0 Å². The Morgan fingerprint density at radius 2 is 1.43 bits per heavy atom. The van der Waals surface area contributed by atoms with Crippen LogP contribution in [0, 0.1) is 34.6 Å². The highest BCUT2D eigenvalue weighted by atomic mass is 16.5. The maximum atomic E-state index is 9.86. The molecule has 0 amide bonds. The van der Waals surface area contributed by atoms with Gasteiger partial charge in [0.2, 0.25) is 0 Å². The van der Waals surface area contributed by atoms with Gasteiger partial charge in [-0.15, -0.1) is 0 Å². The fourth-order valence-electron chi connectivity index (χ4n) is 2.76. The smallest absolute Gasteiger partial charge is 0.133 e. The molecule has 0 aliphatic heterocycles. The molecule has 2 aromatic rings. The molecular formula is C19H24O2. The molecule has 0 aromatic heterocycles. The molecule has 2 nitrogen and oxygen atoms in total. The van der Waals surface area contributed by atoms with Gasteiger partial charge in [0.15, 0.2) is 0 Å². The van der Waals surface area contributed by atoms with E-state index in [-0.39, 0.29) is 0 Å². The average molecular weight is 284 g/mol. The molecule has 0 atom stereocenters. The second-order valence-corrected chi connectivity index (χ2v) is 5.79. The molecular weight excluding hydrogens is 260 g/mol. The average Bonchev–Trinajstić information content (AvgIpc) is 2.44. The number of phenols is 1. The van der Waals surface area contributed by atoms with Crippen molar-refractivity contribution in [1.29, 1.82) is 0 Å². The number of hydrogen-bond donors (Lipinski definition) is 1. The molecule has 0 radical (unpaired) electrons. The van der Waals surface area contributed by atoms with E-state index in [4.69, 9.17) is 4.74 Å². The van der Waals surface area contributed by atoms with Gasteiger partial charge >= 0.3 is 0 Å². The van der Waals surface area contributed by atoms with Crippen molar-refractivity contribution in [3.63, 3.8) is 0 Å². The lowest BCUT2D eigenvalue weighted by Gasteiger charge is -2.17. The van der Waals surface area contributed by atoms with Crippen LogP contribution in [0.2, 0.25) is 0 Å². The summed E-state index contributed by atoms with van der Waals surface area (Å²) in [5.74, 6) is 2.04. The topological polar surface area (TPSA) is 29.5 Å². The molecule has 0 saturated carbocycles. The molecule has 21 heavy (non-hydrogen) atoms. The minimum atomic E-state index is 0.341. The summed E-state index contributed by atoms with van der Waals surface area (Å²) in [7, 11) is 0. The third-order valence-corrected chi connectivity index (χ3v) is 4.20. The molecule has 2 heteroatoms. The minimum absolute atomic E-state index is 0.341. The van der Waals surface area contributed by atoms with Gasteiger partial charge in [-0.25, -0.2) is 0 Å². The summed E-state index contributed by atoms with van der Waals surface area (Å²) in [6, 6.07) is 5.96. The highest BCUT2D eigenvalue weighted by Gasteiger charge is 2.12. The highest BCUT2D eigenvalue weighted by Crippen LogP contribution is 2.35. The van der Waals surface area contributed by atoms with E-state index < -0.39 is 0 Å². The summed E-state index contributed by atoms with van der Waals surface area (Å²) in [5, 5.41) is 9.86. The summed E-state index contributed by atoms with van der Waals surface area (Å²) >= 11 is 0. The van der Waals surface area contributed by atoms with Gasteiger partial charge in [-0.3, -0.25) is 0 Å². The number of aryl methyl sites for hydroxylation is 4. The Kier molecular flexibility index (Phi) is 4.26. The van der Waals surface area contributed by atoms with Gasteiger partial charge in [0.25, 0.3) is 0 Å². The van der Waals surface area contributed by atoms with Crippen molar-refractivity contribution in [2.24, 2.45) is 0 Å². The van der Waals surface area contributed by atoms with E-state index in [0.717, 1.165) is 34.6 Å². The first-order valence-electron chi connectivity index (χ1n) is 7.42. The third-order valence-electron chi connectivity index (χ3n) is 4.20. The maximum Gasteiger partial charge on any atom is 0.133 e. The Balaban J connectivity index is 2.47. The van der Waals surface area contributed by atoms with Crippen molar-refractivity contribution in [1.82, 2.24) is 0 Å². The number of benzene rings is 2. The van der Waals surface area contributed by atoms with Crippen LogP contribution in [0.15, 0.2) is 18.2 Å². The Morgan fingerprint density at radius 3 is 1.95 bits per heavy atom. The van der Waals surface area contributed by atoms with Crippen LogP contribution in [0.5, 0.6) is 17.2 Å². The Labute approximate surface area is 127 Å². The molecule has 0 aliphatic carbocycles. The number of aromatic hydroxyl groups is 1. The summed E-state index contributed by atoms with van der Waals surface area (Å²) in [6.07, 6.45) is 1.03. The van der Waals surface area contributed by atoms with E-state index in [0.29, 0.717) is 5.75 Å². The van der Waals surface area contributed by atoms with E-state index >= 15 is 0 Å². The zero-order valence-corrected chi connectivity index (χ0v) is 13.8. The lowest BCUT2D eigenvalue weighted by molar-refractivity contribution is 0.454. The Hall–Kier alpha value is -1.96. The summed E-state index contributed by atoms with van der Waals surface area (Å²) in [6.45, 7) is 12.3. The Morgan fingerprint density at radius 1 is 0.857 bits per heavy atom. The molecule has 0 spiro atoms. The number of phenolic OH excluding ortho intramolecular Hbond substituents is 1. The van der Waals surface area contributed by atoms with Gasteiger partial charge in [-0.05, 0) is 86.6 Å². The highest BCUT2D eigenvalue weighted by molar-refractivity contribution is 5.52. The van der Waals surface area contributed by atoms with Gasteiger partial charge in [0, 0.05) is 0 Å². The molecule has 1 N–H and O–H groups in total. The molecule has 0 bridgehead atoms. The van der Waals surface area contributed by atoms with Crippen molar-refractivity contribution in [2.75, 3.05) is 0 Å². The van der Waals surface area contributed by atoms with E-state index in [1.54, 1.807) is 0 Å². The molecule has 0 unspecified atom stereocenters. The van der Waals surface area contributed by atoms with Crippen molar-refractivity contribution < 1.29 is 9.84 Å². The van der Waals surface area contributed by atoms with Crippen molar-refractivity contribution in [3.8, 4) is 17.2 Å². The molecule has 112 valence electrons. The molecule has 2 aromatic carbocycles. The monoisotopic (exact) mass is 284 g/mol. The van der Waals surface area contributed by atoms with Crippen molar-refractivity contribution in [3.05, 3.63) is 51.6 Å². The van der Waals surface area contributed by atoms with Crippen LogP contribution in [-0.2, 0) is 6.42 Å². The molecule has 0 fully saturated rings. The number of ether oxygens (including phenoxy) is 1. The van der Waals surface area contributed by atoms with Crippen LogP contribution < -0.4 is 4.74 Å². The second kappa shape index (κ2) is 5.80. The molecule has 0 aliphatic rings. The Bertz CT molecular complexity index is 661. The van der Waals surface area contributed by atoms with Gasteiger partial charge in [-0.1, -0.05) is 13.0 Å². The summed E-state index contributed by atoms with van der Waals surface area (Å²) in [5.41, 5.74) is 6.68. The minimum Gasteiger partial charge on any atom is -0.507 e. The SMILES string of the molecule is CCc1cc(C)c(Oc2cc(C)c(O)c(C)c2)c(C)c1C. The molecule has 0 heterocycles. The summed E-state index contributed by atoms with van der Waals surface area (Å²) in [4.78, 5) is 0. The number of hydrogen-bond acceptors (Lipinski definition) is 2. The largest absolute Gasteiger partial charge is 0.507 e. The summed E-state index contributed by atoms with van der Waals surface area (Å²) < 4.78 is 6.13. The van der Waals surface area contributed by atoms with Crippen molar-refractivity contribution >= 4 is 0 Å². The van der Waals surface area contributed by atoms with Gasteiger partial charge < -0.3 is 9.84 Å².